The molecule has 0 saturated heterocycles. The molecule has 0 bridgehead atoms. The van der Waals surface area contributed by atoms with Gasteiger partial charge in [0.25, 0.3) is 5.91 Å². The summed E-state index contributed by atoms with van der Waals surface area (Å²) in [4.78, 5) is 23.4. The van der Waals surface area contributed by atoms with E-state index in [9.17, 15) is 14.7 Å². The molecule has 0 fully saturated rings. The fourth-order valence-electron chi connectivity index (χ4n) is 2.09. The standard InChI is InChI=1S/C16H19N3O3/c1-3-11(2)14(16(21)22)18-15(20)12-5-7-13(8-6-12)19-10-4-9-17-19/h4-11,14H,3H2,1-2H3,(H,18,20)(H,21,22)/t11-,14-/m0/s1. The number of amides is 1. The number of benzene rings is 1. The van der Waals surface area contributed by atoms with Crippen LogP contribution in [-0.2, 0) is 4.79 Å². The molecule has 1 heterocycles. The van der Waals surface area contributed by atoms with Crippen LogP contribution in [0.25, 0.3) is 5.69 Å². The Morgan fingerprint density at radius 3 is 2.50 bits per heavy atom. The average Bonchev–Trinajstić information content (AvgIpc) is 3.06. The van der Waals surface area contributed by atoms with E-state index in [1.54, 1.807) is 48.3 Å². The molecule has 0 spiro atoms. The summed E-state index contributed by atoms with van der Waals surface area (Å²) in [7, 11) is 0. The fraction of sp³-hybridized carbons (Fsp3) is 0.312. The molecule has 22 heavy (non-hydrogen) atoms. The quantitative estimate of drug-likeness (QED) is 0.855. The summed E-state index contributed by atoms with van der Waals surface area (Å²) < 4.78 is 1.68. The van der Waals surface area contributed by atoms with E-state index in [4.69, 9.17) is 0 Å². The van der Waals surface area contributed by atoms with Gasteiger partial charge in [-0.1, -0.05) is 20.3 Å². The molecule has 2 aromatic rings. The van der Waals surface area contributed by atoms with Gasteiger partial charge in [0, 0.05) is 18.0 Å². The number of carbonyl (C=O) groups is 2. The third-order valence-electron chi connectivity index (χ3n) is 3.66. The third-order valence-corrected chi connectivity index (χ3v) is 3.66. The van der Waals surface area contributed by atoms with Crippen LogP contribution in [0.5, 0.6) is 0 Å². The van der Waals surface area contributed by atoms with Gasteiger partial charge in [-0.15, -0.1) is 0 Å². The number of aromatic nitrogens is 2. The fourth-order valence-corrected chi connectivity index (χ4v) is 2.09. The van der Waals surface area contributed by atoms with E-state index in [1.165, 1.54) is 0 Å². The lowest BCUT2D eigenvalue weighted by atomic mass is 9.99. The van der Waals surface area contributed by atoms with E-state index in [1.807, 2.05) is 13.0 Å². The molecule has 1 aromatic heterocycles. The minimum atomic E-state index is -1.02. The molecule has 2 atom stereocenters. The number of carboxylic acid groups (broad SMARTS) is 1. The van der Waals surface area contributed by atoms with Crippen LogP contribution in [0.3, 0.4) is 0 Å². The van der Waals surface area contributed by atoms with Crippen LogP contribution in [-0.4, -0.2) is 32.8 Å². The first-order valence-corrected chi connectivity index (χ1v) is 7.16. The van der Waals surface area contributed by atoms with Gasteiger partial charge in [-0.25, -0.2) is 9.48 Å². The van der Waals surface area contributed by atoms with Crippen molar-refractivity contribution in [3.8, 4) is 5.69 Å². The number of rotatable bonds is 6. The second kappa shape index (κ2) is 6.89. The molecule has 0 unspecified atom stereocenters. The van der Waals surface area contributed by atoms with Crippen LogP contribution in [0.15, 0.2) is 42.7 Å². The normalized spacial score (nSPS) is 13.4. The predicted octanol–water partition coefficient (Wildman–Crippen LogP) is 2.10. The molecule has 6 nitrogen and oxygen atoms in total. The molecule has 2 rings (SSSR count). The number of hydrogen-bond acceptors (Lipinski definition) is 3. The summed E-state index contributed by atoms with van der Waals surface area (Å²) in [6.07, 6.45) is 4.15. The van der Waals surface area contributed by atoms with Crippen LogP contribution in [0.4, 0.5) is 0 Å². The van der Waals surface area contributed by atoms with E-state index < -0.39 is 12.0 Å². The molecular formula is C16H19N3O3. The molecule has 2 N–H and O–H groups in total. The lowest BCUT2D eigenvalue weighted by molar-refractivity contribution is -0.140. The number of nitrogens with zero attached hydrogens (tertiary/aromatic N) is 2. The largest absolute Gasteiger partial charge is 0.480 e. The lowest BCUT2D eigenvalue weighted by Gasteiger charge is -2.20. The van der Waals surface area contributed by atoms with E-state index in [2.05, 4.69) is 10.4 Å². The Balaban J connectivity index is 2.11. The Morgan fingerprint density at radius 1 is 1.32 bits per heavy atom. The lowest BCUT2D eigenvalue weighted by Crippen LogP contribution is -2.45. The van der Waals surface area contributed by atoms with Crippen LogP contribution in [0, 0.1) is 5.92 Å². The van der Waals surface area contributed by atoms with Crippen molar-refractivity contribution in [2.75, 3.05) is 0 Å². The van der Waals surface area contributed by atoms with Gasteiger partial charge in [0.05, 0.1) is 5.69 Å². The summed E-state index contributed by atoms with van der Waals surface area (Å²) in [5.41, 5.74) is 1.25. The molecule has 0 aliphatic heterocycles. The second-order valence-corrected chi connectivity index (χ2v) is 5.17. The monoisotopic (exact) mass is 301 g/mol. The van der Waals surface area contributed by atoms with Gasteiger partial charge in [0.2, 0.25) is 0 Å². The SMILES string of the molecule is CC[C@H](C)[C@H](NC(=O)c1ccc(-n2cccn2)cc1)C(=O)O. The summed E-state index contributed by atoms with van der Waals surface area (Å²) in [5.74, 6) is -1.54. The Labute approximate surface area is 128 Å². The molecule has 116 valence electrons. The molecule has 0 aliphatic carbocycles. The molecule has 1 amide bonds. The topological polar surface area (TPSA) is 84.2 Å². The van der Waals surface area contributed by atoms with Gasteiger partial charge in [-0.3, -0.25) is 4.79 Å². The van der Waals surface area contributed by atoms with Crippen molar-refractivity contribution in [2.24, 2.45) is 5.92 Å². The van der Waals surface area contributed by atoms with E-state index in [0.717, 1.165) is 5.69 Å². The summed E-state index contributed by atoms with van der Waals surface area (Å²) >= 11 is 0. The highest BCUT2D eigenvalue weighted by atomic mass is 16.4. The number of carbonyl (C=O) groups excluding carboxylic acids is 1. The molecule has 0 saturated carbocycles. The Kier molecular flexibility index (Phi) is 4.93. The Bertz CT molecular complexity index is 635. The first kappa shape index (κ1) is 15.8. The van der Waals surface area contributed by atoms with Crippen LogP contribution in [0.2, 0.25) is 0 Å². The highest BCUT2D eigenvalue weighted by Crippen LogP contribution is 2.11. The van der Waals surface area contributed by atoms with Gasteiger partial charge >= 0.3 is 5.97 Å². The minimum Gasteiger partial charge on any atom is -0.480 e. The van der Waals surface area contributed by atoms with Gasteiger partial charge in [0.1, 0.15) is 6.04 Å². The van der Waals surface area contributed by atoms with Crippen molar-refractivity contribution in [3.05, 3.63) is 48.3 Å². The van der Waals surface area contributed by atoms with Crippen molar-refractivity contribution < 1.29 is 14.7 Å². The second-order valence-electron chi connectivity index (χ2n) is 5.17. The average molecular weight is 301 g/mol. The van der Waals surface area contributed by atoms with Crippen LogP contribution in [0.1, 0.15) is 30.6 Å². The zero-order valence-corrected chi connectivity index (χ0v) is 12.6. The molecule has 0 radical (unpaired) electrons. The zero-order chi connectivity index (χ0) is 16.1. The van der Waals surface area contributed by atoms with E-state index in [0.29, 0.717) is 12.0 Å². The number of nitrogens with one attached hydrogen (secondary N) is 1. The van der Waals surface area contributed by atoms with Gasteiger partial charge in [-0.05, 0) is 36.2 Å². The Hall–Kier alpha value is -2.63. The number of hydrogen-bond donors (Lipinski definition) is 2. The van der Waals surface area contributed by atoms with Crippen molar-refractivity contribution in [1.29, 1.82) is 0 Å². The van der Waals surface area contributed by atoms with Crippen LogP contribution < -0.4 is 5.32 Å². The van der Waals surface area contributed by atoms with Gasteiger partial charge in [-0.2, -0.15) is 5.10 Å². The maximum absolute atomic E-state index is 12.2. The highest BCUT2D eigenvalue weighted by Gasteiger charge is 2.25. The van der Waals surface area contributed by atoms with Gasteiger partial charge in [0.15, 0.2) is 0 Å². The zero-order valence-electron chi connectivity index (χ0n) is 12.6. The molecule has 0 aliphatic rings. The maximum atomic E-state index is 12.2. The molecule has 1 aromatic carbocycles. The minimum absolute atomic E-state index is 0.134. The summed E-state index contributed by atoms with van der Waals surface area (Å²) in [6, 6.07) is 7.76. The van der Waals surface area contributed by atoms with Crippen LogP contribution >= 0.6 is 0 Å². The first-order chi connectivity index (χ1) is 10.5. The first-order valence-electron chi connectivity index (χ1n) is 7.16. The molecular weight excluding hydrogens is 282 g/mol. The van der Waals surface area contributed by atoms with Crippen molar-refractivity contribution in [3.63, 3.8) is 0 Å². The summed E-state index contributed by atoms with van der Waals surface area (Å²) in [6.45, 7) is 3.70. The van der Waals surface area contributed by atoms with Crippen molar-refractivity contribution >= 4 is 11.9 Å². The smallest absolute Gasteiger partial charge is 0.326 e. The summed E-state index contributed by atoms with van der Waals surface area (Å²) in [5, 5.41) is 15.9. The Morgan fingerprint density at radius 2 is 2.00 bits per heavy atom. The van der Waals surface area contributed by atoms with E-state index >= 15 is 0 Å². The van der Waals surface area contributed by atoms with E-state index in [-0.39, 0.29) is 11.8 Å². The number of aliphatic carboxylic acids is 1. The predicted molar refractivity (Wildman–Crippen MR) is 81.9 cm³/mol. The number of carboxylic acids is 1. The van der Waals surface area contributed by atoms with Gasteiger partial charge < -0.3 is 10.4 Å². The maximum Gasteiger partial charge on any atom is 0.326 e. The highest BCUT2D eigenvalue weighted by molar-refractivity contribution is 5.96. The molecule has 6 heteroatoms. The third kappa shape index (κ3) is 3.52. The van der Waals surface area contributed by atoms with Crippen molar-refractivity contribution in [1.82, 2.24) is 15.1 Å². The van der Waals surface area contributed by atoms with Crippen molar-refractivity contribution in [2.45, 2.75) is 26.3 Å².